The van der Waals surface area contributed by atoms with Gasteiger partial charge in [-0.05, 0) is 56.7 Å². The Balaban J connectivity index is 1.28. The molecule has 29 heavy (non-hydrogen) atoms. The molecule has 0 aliphatic heterocycles. The molecule has 0 unspecified atom stereocenters. The summed E-state index contributed by atoms with van der Waals surface area (Å²) in [6, 6.07) is 5.56. The molecule has 1 atom stereocenters. The Morgan fingerprint density at radius 2 is 2.21 bits per heavy atom. The molecule has 0 radical (unpaired) electrons. The summed E-state index contributed by atoms with van der Waals surface area (Å²) in [5, 5.41) is 6.79. The quantitative estimate of drug-likeness (QED) is 0.567. The van der Waals surface area contributed by atoms with E-state index in [1.54, 1.807) is 18.3 Å². The predicted molar refractivity (Wildman–Crippen MR) is 115 cm³/mol. The summed E-state index contributed by atoms with van der Waals surface area (Å²) in [6.45, 7) is 2.67. The Bertz CT molecular complexity index is 893. The maximum atomic E-state index is 11.7. The minimum Gasteiger partial charge on any atom is -0.493 e. The highest BCUT2D eigenvalue weighted by Gasteiger charge is 2.23. The maximum absolute atomic E-state index is 11.7. The Morgan fingerprint density at radius 3 is 2.93 bits per heavy atom. The molecule has 4 rings (SSSR count). The van der Waals surface area contributed by atoms with E-state index >= 15 is 0 Å². The summed E-state index contributed by atoms with van der Waals surface area (Å²) in [5.41, 5.74) is 0. The number of rotatable bonds is 9. The Hall–Kier alpha value is -2.25. The fraction of sp³-hybridized carbons (Fsp3) is 0.429. The van der Waals surface area contributed by atoms with Gasteiger partial charge >= 0.3 is 6.03 Å². The number of benzene rings is 1. The number of hydrogen-bond acceptors (Lipinski definition) is 5. The van der Waals surface area contributed by atoms with Gasteiger partial charge in [0.1, 0.15) is 11.5 Å². The molecule has 154 valence electrons. The molecule has 0 bridgehead atoms. The summed E-state index contributed by atoms with van der Waals surface area (Å²) in [5.74, 6) is 1.99. The molecule has 1 aromatic heterocycles. The summed E-state index contributed by atoms with van der Waals surface area (Å²) in [4.78, 5) is 17.0. The highest BCUT2D eigenvalue weighted by Crippen LogP contribution is 2.35. The van der Waals surface area contributed by atoms with Crippen molar-refractivity contribution in [3.63, 3.8) is 0 Å². The van der Waals surface area contributed by atoms with E-state index in [0.717, 1.165) is 30.1 Å². The number of thiazole rings is 1. The van der Waals surface area contributed by atoms with Crippen LogP contribution in [0.15, 0.2) is 30.5 Å². The van der Waals surface area contributed by atoms with E-state index in [9.17, 15) is 4.79 Å². The van der Waals surface area contributed by atoms with Gasteiger partial charge in [-0.15, -0.1) is 0 Å². The lowest BCUT2D eigenvalue weighted by Crippen LogP contribution is -2.40. The predicted octanol–water partition coefficient (Wildman–Crippen LogP) is 5.24. The van der Waals surface area contributed by atoms with Crippen LogP contribution in [0.3, 0.4) is 0 Å². The first-order valence-corrected chi connectivity index (χ1v) is 11.1. The molecule has 2 aromatic rings. The summed E-state index contributed by atoms with van der Waals surface area (Å²) in [6.07, 6.45) is 10.2. The highest BCUT2D eigenvalue weighted by atomic mass is 35.5. The third kappa shape index (κ3) is 6.37. The first-order valence-electron chi connectivity index (χ1n) is 9.86. The van der Waals surface area contributed by atoms with Gasteiger partial charge < -0.3 is 20.1 Å². The third-order valence-corrected chi connectivity index (χ3v) is 5.74. The molecule has 0 spiro atoms. The standard InChI is InChI=1S/C21H24ClN3O3S/c1-13(24-20(26)25-15-5-6-15)2-8-17-11-23-21(29-17)28-19-9-7-16(10-18(19)22)27-12-14-3-4-14/h2,7-11,13-15H,3-6,12H2,1H3,(H2,24,25,26)/t13-/m0/s1. The van der Waals surface area contributed by atoms with Gasteiger partial charge in [0.25, 0.3) is 5.19 Å². The maximum Gasteiger partial charge on any atom is 0.315 e. The number of hydrogen-bond donors (Lipinski definition) is 2. The van der Waals surface area contributed by atoms with Crippen LogP contribution in [0.5, 0.6) is 16.7 Å². The summed E-state index contributed by atoms with van der Waals surface area (Å²) in [7, 11) is 0. The topological polar surface area (TPSA) is 72.5 Å². The average molecular weight is 434 g/mol. The zero-order valence-electron chi connectivity index (χ0n) is 16.2. The van der Waals surface area contributed by atoms with Crippen LogP contribution in [-0.4, -0.2) is 29.7 Å². The van der Waals surface area contributed by atoms with E-state index in [1.165, 1.54) is 24.2 Å². The van der Waals surface area contributed by atoms with Crippen molar-refractivity contribution in [3.8, 4) is 16.7 Å². The van der Waals surface area contributed by atoms with Crippen molar-refractivity contribution in [2.24, 2.45) is 5.92 Å². The average Bonchev–Trinajstić information content (AvgIpc) is 3.61. The van der Waals surface area contributed by atoms with E-state index in [1.807, 2.05) is 25.1 Å². The van der Waals surface area contributed by atoms with E-state index in [0.29, 0.717) is 27.9 Å². The molecule has 2 saturated carbocycles. The molecule has 1 aromatic carbocycles. The number of urea groups is 1. The van der Waals surface area contributed by atoms with Gasteiger partial charge in [-0.25, -0.2) is 9.78 Å². The van der Waals surface area contributed by atoms with Gasteiger partial charge in [0, 0.05) is 24.3 Å². The minimum atomic E-state index is -0.128. The SMILES string of the molecule is C[C@@H](C=Cc1cnc(Oc2ccc(OCC3CC3)cc2Cl)s1)NC(=O)NC1CC1. The number of carbonyl (C=O) groups is 1. The number of nitrogens with zero attached hydrogens (tertiary/aromatic N) is 1. The Morgan fingerprint density at radius 1 is 1.38 bits per heavy atom. The van der Waals surface area contributed by atoms with Crippen LogP contribution < -0.4 is 20.1 Å². The molecular formula is C21H24ClN3O3S. The number of nitrogens with one attached hydrogen (secondary N) is 2. The zero-order valence-corrected chi connectivity index (χ0v) is 17.8. The highest BCUT2D eigenvalue weighted by molar-refractivity contribution is 7.14. The fourth-order valence-corrected chi connectivity index (χ4v) is 3.49. The second-order valence-electron chi connectivity index (χ2n) is 7.52. The van der Waals surface area contributed by atoms with E-state index in [4.69, 9.17) is 21.1 Å². The van der Waals surface area contributed by atoms with Crippen molar-refractivity contribution < 1.29 is 14.3 Å². The first-order chi connectivity index (χ1) is 14.0. The van der Waals surface area contributed by atoms with Crippen LogP contribution in [-0.2, 0) is 0 Å². The van der Waals surface area contributed by atoms with Gasteiger partial charge in [0.05, 0.1) is 16.5 Å². The van der Waals surface area contributed by atoms with Gasteiger partial charge in [-0.3, -0.25) is 0 Å². The van der Waals surface area contributed by atoms with Gasteiger partial charge in [-0.2, -0.15) is 0 Å². The summed E-state index contributed by atoms with van der Waals surface area (Å²) < 4.78 is 11.5. The number of halogens is 1. The zero-order chi connectivity index (χ0) is 20.2. The molecule has 6 nitrogen and oxygen atoms in total. The normalized spacial score (nSPS) is 17.2. The van der Waals surface area contributed by atoms with Crippen molar-refractivity contribution in [2.45, 2.75) is 44.7 Å². The largest absolute Gasteiger partial charge is 0.493 e. The molecule has 1 heterocycles. The van der Waals surface area contributed by atoms with E-state index in [-0.39, 0.29) is 12.1 Å². The molecule has 2 aliphatic rings. The smallest absolute Gasteiger partial charge is 0.315 e. The second kappa shape index (κ2) is 9.05. The van der Waals surface area contributed by atoms with Crippen LogP contribution >= 0.6 is 22.9 Å². The first kappa shape index (κ1) is 20.0. The molecule has 2 amide bonds. The lowest BCUT2D eigenvalue weighted by atomic mass is 10.3. The fourth-order valence-electron chi connectivity index (χ4n) is 2.59. The van der Waals surface area contributed by atoms with Crippen LogP contribution in [0.1, 0.15) is 37.5 Å². The van der Waals surface area contributed by atoms with Crippen LogP contribution in [0, 0.1) is 5.92 Å². The minimum absolute atomic E-state index is 0.0853. The molecule has 2 fully saturated rings. The Labute approximate surface area is 179 Å². The second-order valence-corrected chi connectivity index (χ2v) is 8.95. The molecule has 8 heteroatoms. The molecule has 2 N–H and O–H groups in total. The van der Waals surface area contributed by atoms with Gasteiger partial charge in [-0.1, -0.05) is 29.0 Å². The van der Waals surface area contributed by atoms with Crippen molar-refractivity contribution in [2.75, 3.05) is 6.61 Å². The molecule has 2 aliphatic carbocycles. The molecular weight excluding hydrogens is 410 g/mol. The number of carbonyl (C=O) groups excluding carboxylic acids is 1. The Kier molecular flexibility index (Phi) is 6.25. The van der Waals surface area contributed by atoms with E-state index in [2.05, 4.69) is 15.6 Å². The van der Waals surface area contributed by atoms with Gasteiger partial charge in [0.2, 0.25) is 0 Å². The monoisotopic (exact) mass is 433 g/mol. The van der Waals surface area contributed by atoms with E-state index < -0.39 is 0 Å². The number of aromatic nitrogens is 1. The van der Waals surface area contributed by atoms with Crippen molar-refractivity contribution in [3.05, 3.63) is 40.4 Å². The molecule has 0 saturated heterocycles. The number of amides is 2. The summed E-state index contributed by atoms with van der Waals surface area (Å²) >= 11 is 7.73. The van der Waals surface area contributed by atoms with Crippen molar-refractivity contribution >= 4 is 35.0 Å². The van der Waals surface area contributed by atoms with Crippen LogP contribution in [0.25, 0.3) is 6.08 Å². The van der Waals surface area contributed by atoms with Crippen molar-refractivity contribution in [1.29, 1.82) is 0 Å². The lowest BCUT2D eigenvalue weighted by Gasteiger charge is -2.10. The lowest BCUT2D eigenvalue weighted by molar-refractivity contribution is 0.239. The van der Waals surface area contributed by atoms with Crippen molar-refractivity contribution in [1.82, 2.24) is 15.6 Å². The van der Waals surface area contributed by atoms with Crippen LogP contribution in [0.2, 0.25) is 5.02 Å². The van der Waals surface area contributed by atoms with Gasteiger partial charge in [0.15, 0.2) is 0 Å². The third-order valence-electron chi connectivity index (χ3n) is 4.61. The van der Waals surface area contributed by atoms with Crippen LogP contribution in [0.4, 0.5) is 4.79 Å². The number of ether oxygens (including phenoxy) is 2.